The van der Waals surface area contributed by atoms with E-state index in [4.69, 9.17) is 4.98 Å². The Bertz CT molecular complexity index is 390. The van der Waals surface area contributed by atoms with Crippen LogP contribution in [0, 0.1) is 0 Å². The van der Waals surface area contributed by atoms with Crippen molar-refractivity contribution in [3.63, 3.8) is 0 Å². The second-order valence-electron chi connectivity index (χ2n) is 6.54. The SMILES string of the molecule is CCCN(Cc1csc(CNC(C)(C)C)n1)C1CC1. The van der Waals surface area contributed by atoms with Crippen molar-refractivity contribution in [2.75, 3.05) is 6.54 Å². The second kappa shape index (κ2) is 6.33. The summed E-state index contributed by atoms with van der Waals surface area (Å²) in [5.74, 6) is 0. The summed E-state index contributed by atoms with van der Waals surface area (Å²) >= 11 is 1.78. The van der Waals surface area contributed by atoms with Gasteiger partial charge in [-0.15, -0.1) is 11.3 Å². The van der Waals surface area contributed by atoms with E-state index in [0.717, 1.165) is 19.1 Å². The number of thiazole rings is 1. The lowest BCUT2D eigenvalue weighted by Crippen LogP contribution is -2.35. The molecular formula is C15H27N3S. The van der Waals surface area contributed by atoms with Gasteiger partial charge in [0.05, 0.1) is 5.69 Å². The molecule has 0 spiro atoms. The molecule has 1 heterocycles. The molecule has 3 nitrogen and oxygen atoms in total. The van der Waals surface area contributed by atoms with Gasteiger partial charge in [-0.3, -0.25) is 4.90 Å². The Balaban J connectivity index is 1.85. The summed E-state index contributed by atoms with van der Waals surface area (Å²) in [6.45, 7) is 12.0. The Hall–Kier alpha value is -0.450. The number of aromatic nitrogens is 1. The first-order valence-corrected chi connectivity index (χ1v) is 8.28. The molecule has 1 N–H and O–H groups in total. The highest BCUT2D eigenvalue weighted by molar-refractivity contribution is 7.09. The van der Waals surface area contributed by atoms with Crippen molar-refractivity contribution in [2.24, 2.45) is 0 Å². The molecule has 0 bridgehead atoms. The first-order valence-electron chi connectivity index (χ1n) is 7.40. The summed E-state index contributed by atoms with van der Waals surface area (Å²) in [7, 11) is 0. The third-order valence-electron chi connectivity index (χ3n) is 3.31. The van der Waals surface area contributed by atoms with Crippen molar-refractivity contribution in [1.29, 1.82) is 0 Å². The number of nitrogens with one attached hydrogen (secondary N) is 1. The lowest BCUT2D eigenvalue weighted by atomic mass is 10.1. The normalized spacial score (nSPS) is 16.3. The van der Waals surface area contributed by atoms with Crippen molar-refractivity contribution in [3.8, 4) is 0 Å². The van der Waals surface area contributed by atoms with Gasteiger partial charge in [0, 0.05) is 30.1 Å². The number of nitrogens with zero attached hydrogens (tertiary/aromatic N) is 2. The van der Waals surface area contributed by atoms with Crippen LogP contribution in [-0.4, -0.2) is 28.0 Å². The van der Waals surface area contributed by atoms with Gasteiger partial charge in [0.1, 0.15) is 5.01 Å². The molecule has 0 amide bonds. The van der Waals surface area contributed by atoms with E-state index in [0.29, 0.717) is 0 Å². The highest BCUT2D eigenvalue weighted by atomic mass is 32.1. The highest BCUT2D eigenvalue weighted by Gasteiger charge is 2.28. The standard InChI is InChI=1S/C15H27N3S/c1-5-8-18(13-6-7-13)10-12-11-19-14(17-12)9-16-15(2,3)4/h11,13,16H,5-10H2,1-4H3. The van der Waals surface area contributed by atoms with Gasteiger partial charge in [0.2, 0.25) is 0 Å². The van der Waals surface area contributed by atoms with Crippen LogP contribution in [-0.2, 0) is 13.1 Å². The molecule has 2 rings (SSSR count). The fourth-order valence-electron chi connectivity index (χ4n) is 2.17. The lowest BCUT2D eigenvalue weighted by molar-refractivity contribution is 0.252. The van der Waals surface area contributed by atoms with Gasteiger partial charge in [0.25, 0.3) is 0 Å². The molecule has 0 atom stereocenters. The van der Waals surface area contributed by atoms with E-state index in [9.17, 15) is 0 Å². The van der Waals surface area contributed by atoms with Crippen molar-refractivity contribution >= 4 is 11.3 Å². The number of hydrogen-bond donors (Lipinski definition) is 1. The maximum atomic E-state index is 4.76. The molecule has 1 fully saturated rings. The van der Waals surface area contributed by atoms with E-state index in [1.54, 1.807) is 11.3 Å². The topological polar surface area (TPSA) is 28.2 Å². The van der Waals surface area contributed by atoms with Crippen LogP contribution in [0.4, 0.5) is 0 Å². The minimum Gasteiger partial charge on any atom is -0.306 e. The maximum Gasteiger partial charge on any atom is 0.107 e. The molecule has 19 heavy (non-hydrogen) atoms. The summed E-state index contributed by atoms with van der Waals surface area (Å²) in [5.41, 5.74) is 1.41. The Morgan fingerprint density at radius 3 is 2.74 bits per heavy atom. The third kappa shape index (κ3) is 5.21. The predicted octanol–water partition coefficient (Wildman–Crippen LogP) is 3.41. The van der Waals surface area contributed by atoms with Crippen molar-refractivity contribution in [2.45, 2.75) is 71.6 Å². The fourth-order valence-corrected chi connectivity index (χ4v) is 2.89. The van der Waals surface area contributed by atoms with E-state index >= 15 is 0 Å². The average Bonchev–Trinajstić information content (AvgIpc) is 3.07. The minimum absolute atomic E-state index is 0.161. The Morgan fingerprint density at radius 1 is 1.42 bits per heavy atom. The maximum absolute atomic E-state index is 4.76. The van der Waals surface area contributed by atoms with E-state index in [1.165, 1.54) is 36.5 Å². The second-order valence-corrected chi connectivity index (χ2v) is 7.48. The van der Waals surface area contributed by atoms with Crippen LogP contribution in [0.3, 0.4) is 0 Å². The summed E-state index contributed by atoms with van der Waals surface area (Å²) in [6.07, 6.45) is 3.99. The smallest absolute Gasteiger partial charge is 0.107 e. The van der Waals surface area contributed by atoms with E-state index < -0.39 is 0 Å². The predicted molar refractivity (Wildman–Crippen MR) is 82.4 cm³/mol. The fraction of sp³-hybridized carbons (Fsp3) is 0.800. The molecule has 1 aromatic heterocycles. The van der Waals surface area contributed by atoms with Crippen molar-refractivity contribution in [3.05, 3.63) is 16.1 Å². The molecule has 0 unspecified atom stereocenters. The molecule has 0 saturated heterocycles. The van der Waals surface area contributed by atoms with E-state index in [1.807, 2.05) is 0 Å². The molecule has 4 heteroatoms. The zero-order valence-corrected chi connectivity index (χ0v) is 13.5. The molecule has 1 aliphatic carbocycles. The third-order valence-corrected chi connectivity index (χ3v) is 4.21. The molecule has 108 valence electrons. The zero-order valence-electron chi connectivity index (χ0n) is 12.7. The van der Waals surface area contributed by atoms with Gasteiger partial charge in [-0.1, -0.05) is 6.92 Å². The van der Waals surface area contributed by atoms with Gasteiger partial charge in [-0.25, -0.2) is 4.98 Å². The molecule has 1 aromatic rings. The van der Waals surface area contributed by atoms with Gasteiger partial charge in [0.15, 0.2) is 0 Å². The van der Waals surface area contributed by atoms with E-state index in [2.05, 4.69) is 43.3 Å². The van der Waals surface area contributed by atoms with Gasteiger partial charge < -0.3 is 5.32 Å². The Labute approximate surface area is 121 Å². The minimum atomic E-state index is 0.161. The van der Waals surface area contributed by atoms with Crippen LogP contribution in [0.25, 0.3) is 0 Å². The Kier molecular flexibility index (Phi) is 4.98. The molecular weight excluding hydrogens is 254 g/mol. The highest BCUT2D eigenvalue weighted by Crippen LogP contribution is 2.28. The monoisotopic (exact) mass is 281 g/mol. The molecule has 0 aromatic carbocycles. The van der Waals surface area contributed by atoms with Gasteiger partial charge in [-0.2, -0.15) is 0 Å². The average molecular weight is 281 g/mol. The van der Waals surface area contributed by atoms with Crippen molar-refractivity contribution in [1.82, 2.24) is 15.2 Å². The van der Waals surface area contributed by atoms with Crippen LogP contribution in [0.2, 0.25) is 0 Å². The van der Waals surface area contributed by atoms with E-state index in [-0.39, 0.29) is 5.54 Å². The Morgan fingerprint density at radius 2 is 2.16 bits per heavy atom. The largest absolute Gasteiger partial charge is 0.306 e. The molecule has 0 radical (unpaired) electrons. The quantitative estimate of drug-likeness (QED) is 0.830. The van der Waals surface area contributed by atoms with Crippen LogP contribution < -0.4 is 5.32 Å². The van der Waals surface area contributed by atoms with Crippen LogP contribution in [0.5, 0.6) is 0 Å². The number of rotatable bonds is 7. The van der Waals surface area contributed by atoms with Crippen LogP contribution >= 0.6 is 11.3 Å². The molecule has 1 saturated carbocycles. The molecule has 1 aliphatic rings. The van der Waals surface area contributed by atoms with Gasteiger partial charge in [-0.05, 0) is 46.6 Å². The van der Waals surface area contributed by atoms with Crippen LogP contribution in [0.15, 0.2) is 5.38 Å². The summed E-state index contributed by atoms with van der Waals surface area (Å²) in [6, 6.07) is 0.831. The zero-order chi connectivity index (χ0) is 13.9. The number of hydrogen-bond acceptors (Lipinski definition) is 4. The van der Waals surface area contributed by atoms with Gasteiger partial charge >= 0.3 is 0 Å². The summed E-state index contributed by atoms with van der Waals surface area (Å²) < 4.78 is 0. The first kappa shape index (κ1) is 14.9. The lowest BCUT2D eigenvalue weighted by Gasteiger charge is -2.20. The molecule has 0 aliphatic heterocycles. The summed E-state index contributed by atoms with van der Waals surface area (Å²) in [4.78, 5) is 7.35. The van der Waals surface area contributed by atoms with Crippen LogP contribution in [0.1, 0.15) is 57.7 Å². The van der Waals surface area contributed by atoms with Crippen molar-refractivity contribution < 1.29 is 0 Å². The first-order chi connectivity index (χ1) is 8.98. The summed E-state index contributed by atoms with van der Waals surface area (Å²) in [5, 5.41) is 6.93.